The molecule has 1 atom stereocenters. The van der Waals surface area contributed by atoms with Gasteiger partial charge in [0.1, 0.15) is 5.75 Å². The van der Waals surface area contributed by atoms with Crippen LogP contribution >= 0.6 is 0 Å². The summed E-state index contributed by atoms with van der Waals surface area (Å²) in [5.74, 6) is 1.66. The van der Waals surface area contributed by atoms with Gasteiger partial charge in [-0.3, -0.25) is 9.69 Å². The second kappa shape index (κ2) is 10.3. The highest BCUT2D eigenvalue weighted by Crippen LogP contribution is 2.30. The molecule has 1 saturated heterocycles. The molecule has 0 unspecified atom stereocenters. The highest BCUT2D eigenvalue weighted by Gasteiger charge is 2.27. The highest BCUT2D eigenvalue weighted by atomic mass is 16.5. The van der Waals surface area contributed by atoms with E-state index in [-0.39, 0.29) is 5.91 Å². The average Bonchev–Trinajstić information content (AvgIpc) is 2.74. The number of allylic oxidation sites excluding steroid dienone is 1. The molecule has 0 spiro atoms. The standard InChI is InChI=1S/C26H38N2O2/c1-6-7-23-15-21(4)25-14-19(2)8-11-28(17-20(3)18-30-26(25)16-23)24-9-12-27(13-10-24)22(5)29/h6,15-16,20,24H,1-2,7-14,17-18H2,3-5H3/t20-/m1/s1. The Labute approximate surface area is 182 Å². The molecule has 1 fully saturated rings. The maximum Gasteiger partial charge on any atom is 0.219 e. The molecule has 1 amide bonds. The number of nitrogens with zero attached hydrogens (tertiary/aromatic N) is 2. The second-order valence-corrected chi connectivity index (χ2v) is 9.21. The Hall–Kier alpha value is -2.07. The van der Waals surface area contributed by atoms with E-state index in [0.29, 0.717) is 12.0 Å². The van der Waals surface area contributed by atoms with Crippen molar-refractivity contribution in [2.45, 2.75) is 58.9 Å². The third-order valence-corrected chi connectivity index (χ3v) is 6.55. The van der Waals surface area contributed by atoms with Crippen LogP contribution in [0.2, 0.25) is 0 Å². The van der Waals surface area contributed by atoms with Crippen LogP contribution in [0.3, 0.4) is 0 Å². The molecule has 0 bridgehead atoms. The molecule has 2 heterocycles. The summed E-state index contributed by atoms with van der Waals surface area (Å²) in [4.78, 5) is 16.3. The van der Waals surface area contributed by atoms with Crippen LogP contribution in [-0.4, -0.2) is 54.5 Å². The molecular weight excluding hydrogens is 372 g/mol. The van der Waals surface area contributed by atoms with Gasteiger partial charge in [-0.25, -0.2) is 0 Å². The first-order chi connectivity index (χ1) is 14.4. The third kappa shape index (κ3) is 5.75. The van der Waals surface area contributed by atoms with E-state index in [4.69, 9.17) is 4.74 Å². The molecule has 1 aromatic carbocycles. The van der Waals surface area contributed by atoms with Gasteiger partial charge in [0, 0.05) is 50.6 Å². The molecule has 0 aliphatic carbocycles. The Morgan fingerprint density at radius 2 is 2.00 bits per heavy atom. The first-order valence-corrected chi connectivity index (χ1v) is 11.4. The second-order valence-electron chi connectivity index (χ2n) is 9.21. The lowest BCUT2D eigenvalue weighted by Crippen LogP contribution is -2.48. The molecule has 4 heteroatoms. The summed E-state index contributed by atoms with van der Waals surface area (Å²) >= 11 is 0. The van der Waals surface area contributed by atoms with E-state index in [0.717, 1.165) is 70.6 Å². The van der Waals surface area contributed by atoms with E-state index in [1.165, 1.54) is 22.3 Å². The van der Waals surface area contributed by atoms with Crippen LogP contribution < -0.4 is 4.74 Å². The van der Waals surface area contributed by atoms with Crippen LogP contribution in [0, 0.1) is 12.8 Å². The summed E-state index contributed by atoms with van der Waals surface area (Å²) in [6, 6.07) is 4.99. The predicted molar refractivity (Wildman–Crippen MR) is 124 cm³/mol. The molecule has 30 heavy (non-hydrogen) atoms. The minimum Gasteiger partial charge on any atom is -0.493 e. The monoisotopic (exact) mass is 410 g/mol. The fraction of sp³-hybridized carbons (Fsp3) is 0.577. The Morgan fingerprint density at radius 1 is 1.27 bits per heavy atom. The lowest BCUT2D eigenvalue weighted by molar-refractivity contribution is -0.130. The number of ether oxygens (including phenoxy) is 1. The van der Waals surface area contributed by atoms with Crippen molar-refractivity contribution in [2.24, 2.45) is 5.92 Å². The summed E-state index contributed by atoms with van der Waals surface area (Å²) in [7, 11) is 0. The van der Waals surface area contributed by atoms with Crippen molar-refractivity contribution in [2.75, 3.05) is 32.8 Å². The van der Waals surface area contributed by atoms with Gasteiger partial charge in [0.2, 0.25) is 5.91 Å². The minimum atomic E-state index is 0.199. The molecule has 1 aromatic rings. The average molecular weight is 411 g/mol. The molecule has 3 rings (SSSR count). The Balaban J connectivity index is 1.74. The van der Waals surface area contributed by atoms with Crippen molar-refractivity contribution in [1.29, 1.82) is 0 Å². The number of hydrogen-bond acceptors (Lipinski definition) is 3. The van der Waals surface area contributed by atoms with Crippen LogP contribution in [0.25, 0.3) is 0 Å². The molecular formula is C26H38N2O2. The molecule has 2 aliphatic heterocycles. The van der Waals surface area contributed by atoms with Gasteiger partial charge in [-0.15, -0.1) is 6.58 Å². The summed E-state index contributed by atoms with van der Waals surface area (Å²) in [5.41, 5.74) is 5.09. The maximum atomic E-state index is 11.7. The number of rotatable bonds is 3. The van der Waals surface area contributed by atoms with E-state index in [1.54, 1.807) is 6.92 Å². The van der Waals surface area contributed by atoms with Gasteiger partial charge < -0.3 is 9.64 Å². The zero-order valence-electron chi connectivity index (χ0n) is 19.1. The van der Waals surface area contributed by atoms with Crippen molar-refractivity contribution < 1.29 is 9.53 Å². The lowest BCUT2D eigenvalue weighted by atomic mass is 9.95. The van der Waals surface area contributed by atoms with Gasteiger partial charge in [-0.05, 0) is 56.2 Å². The van der Waals surface area contributed by atoms with E-state index in [2.05, 4.69) is 44.0 Å². The fourth-order valence-electron chi connectivity index (χ4n) is 4.79. The van der Waals surface area contributed by atoms with Crippen LogP contribution in [0.4, 0.5) is 0 Å². The van der Waals surface area contributed by atoms with Crippen LogP contribution in [0.5, 0.6) is 5.75 Å². The molecule has 0 radical (unpaired) electrons. The fourth-order valence-corrected chi connectivity index (χ4v) is 4.79. The quantitative estimate of drug-likeness (QED) is 0.685. The Kier molecular flexibility index (Phi) is 7.76. The summed E-state index contributed by atoms with van der Waals surface area (Å²) in [6.07, 6.45) is 6.81. The molecule has 0 aromatic heterocycles. The predicted octanol–water partition coefficient (Wildman–Crippen LogP) is 4.55. The van der Waals surface area contributed by atoms with Gasteiger partial charge in [-0.2, -0.15) is 0 Å². The largest absolute Gasteiger partial charge is 0.493 e. The van der Waals surface area contributed by atoms with Gasteiger partial charge in [0.25, 0.3) is 0 Å². The smallest absolute Gasteiger partial charge is 0.219 e. The lowest BCUT2D eigenvalue weighted by Gasteiger charge is -2.39. The zero-order valence-corrected chi connectivity index (χ0v) is 19.1. The van der Waals surface area contributed by atoms with Crippen LogP contribution in [0.15, 0.2) is 36.9 Å². The van der Waals surface area contributed by atoms with Crippen LogP contribution in [-0.2, 0) is 17.6 Å². The first kappa shape index (κ1) is 22.6. The number of carbonyl (C=O) groups is 1. The SMILES string of the molecule is C=CCc1cc(C)c2c(c1)OC[C@H](C)CN(C1CCN(C(C)=O)CC1)CCC(=C)C2. The normalized spacial score (nSPS) is 22.0. The number of piperidine rings is 1. The Morgan fingerprint density at radius 3 is 2.67 bits per heavy atom. The van der Waals surface area contributed by atoms with E-state index in [1.807, 2.05) is 11.0 Å². The molecule has 4 nitrogen and oxygen atoms in total. The van der Waals surface area contributed by atoms with Crippen molar-refractivity contribution in [3.05, 3.63) is 53.6 Å². The molecule has 0 N–H and O–H groups in total. The zero-order chi connectivity index (χ0) is 21.7. The molecule has 2 aliphatic rings. The molecule has 0 saturated carbocycles. The van der Waals surface area contributed by atoms with Gasteiger partial charge in [0.05, 0.1) is 6.61 Å². The first-order valence-electron chi connectivity index (χ1n) is 11.4. The highest BCUT2D eigenvalue weighted by molar-refractivity contribution is 5.73. The number of benzene rings is 1. The number of likely N-dealkylation sites (tertiary alicyclic amines) is 1. The van der Waals surface area contributed by atoms with Crippen molar-refractivity contribution in [3.8, 4) is 5.75 Å². The van der Waals surface area contributed by atoms with Crippen LogP contribution in [0.1, 0.15) is 49.8 Å². The van der Waals surface area contributed by atoms with Crippen molar-refractivity contribution in [3.63, 3.8) is 0 Å². The third-order valence-electron chi connectivity index (χ3n) is 6.55. The summed E-state index contributed by atoms with van der Waals surface area (Å²) in [5, 5.41) is 0. The molecule has 164 valence electrons. The van der Waals surface area contributed by atoms with Gasteiger partial charge in [0.15, 0.2) is 0 Å². The topological polar surface area (TPSA) is 32.8 Å². The summed E-state index contributed by atoms with van der Waals surface area (Å²) < 4.78 is 6.38. The summed E-state index contributed by atoms with van der Waals surface area (Å²) in [6.45, 7) is 19.0. The van der Waals surface area contributed by atoms with E-state index < -0.39 is 0 Å². The number of carbonyl (C=O) groups excluding carboxylic acids is 1. The van der Waals surface area contributed by atoms with Crippen molar-refractivity contribution in [1.82, 2.24) is 9.80 Å². The minimum absolute atomic E-state index is 0.199. The van der Waals surface area contributed by atoms with E-state index in [9.17, 15) is 4.79 Å². The van der Waals surface area contributed by atoms with Crippen molar-refractivity contribution >= 4 is 5.91 Å². The number of aryl methyl sites for hydroxylation is 1. The number of fused-ring (bicyclic) bond motifs is 1. The Bertz CT molecular complexity index is 777. The number of hydrogen-bond donors (Lipinski definition) is 0. The van der Waals surface area contributed by atoms with Gasteiger partial charge in [-0.1, -0.05) is 31.2 Å². The van der Waals surface area contributed by atoms with Gasteiger partial charge >= 0.3 is 0 Å². The van der Waals surface area contributed by atoms with E-state index >= 15 is 0 Å². The number of amides is 1. The maximum absolute atomic E-state index is 11.7.